The summed E-state index contributed by atoms with van der Waals surface area (Å²) in [6.45, 7) is 1.93. The second-order valence-corrected chi connectivity index (χ2v) is 5.72. The Balaban J connectivity index is 2.27. The summed E-state index contributed by atoms with van der Waals surface area (Å²) >= 11 is 13.8. The monoisotopic (exact) mass is 310 g/mol. The highest BCUT2D eigenvalue weighted by molar-refractivity contribution is 7.14. The van der Waals surface area contributed by atoms with Gasteiger partial charge >= 0.3 is 0 Å². The number of halogens is 2. The van der Waals surface area contributed by atoms with Crippen molar-refractivity contribution >= 4 is 45.4 Å². The molecule has 3 aromatic rings. The van der Waals surface area contributed by atoms with Gasteiger partial charge in [-0.05, 0) is 36.1 Å². The Morgan fingerprint density at radius 2 is 2.00 bits per heavy atom. The van der Waals surface area contributed by atoms with Crippen molar-refractivity contribution in [2.45, 2.75) is 6.92 Å². The molecule has 1 aromatic carbocycles. The molecule has 0 saturated heterocycles. The molecule has 0 amide bonds. The van der Waals surface area contributed by atoms with Gasteiger partial charge in [-0.15, -0.1) is 11.3 Å². The summed E-state index contributed by atoms with van der Waals surface area (Å²) in [5, 5.41) is 13.0. The van der Waals surface area contributed by atoms with Crippen LogP contribution in [-0.2, 0) is 0 Å². The third kappa shape index (κ3) is 2.16. The van der Waals surface area contributed by atoms with Gasteiger partial charge in [-0.2, -0.15) is 0 Å². The Kier molecular flexibility index (Phi) is 3.09. The van der Waals surface area contributed by atoms with Crippen LogP contribution in [0.5, 0.6) is 5.75 Å². The van der Waals surface area contributed by atoms with Crippen LogP contribution in [0.3, 0.4) is 0 Å². The van der Waals surface area contributed by atoms with Crippen molar-refractivity contribution in [2.75, 3.05) is 0 Å². The lowest BCUT2D eigenvalue weighted by atomic mass is 10.2. The first-order valence-electron chi connectivity index (χ1n) is 5.46. The molecule has 3 nitrogen and oxygen atoms in total. The summed E-state index contributed by atoms with van der Waals surface area (Å²) in [6.07, 6.45) is 0. The predicted octanol–water partition coefficient (Wildman–Crippen LogP) is 4.68. The van der Waals surface area contributed by atoms with Gasteiger partial charge in [-0.3, -0.25) is 0 Å². The summed E-state index contributed by atoms with van der Waals surface area (Å²) in [7, 11) is 0. The number of hydrogen-bond acceptors (Lipinski definition) is 4. The van der Waals surface area contributed by atoms with Crippen molar-refractivity contribution < 1.29 is 5.11 Å². The number of phenols is 1. The van der Waals surface area contributed by atoms with Gasteiger partial charge in [0.15, 0.2) is 5.82 Å². The van der Waals surface area contributed by atoms with Gasteiger partial charge in [0.2, 0.25) is 0 Å². The molecule has 0 spiro atoms. The van der Waals surface area contributed by atoms with Gasteiger partial charge in [0.1, 0.15) is 10.9 Å². The van der Waals surface area contributed by atoms with Gasteiger partial charge in [-0.1, -0.05) is 23.2 Å². The van der Waals surface area contributed by atoms with Crippen LogP contribution in [0.4, 0.5) is 0 Å². The molecule has 0 aliphatic heterocycles. The zero-order valence-corrected chi connectivity index (χ0v) is 12.1. The van der Waals surface area contributed by atoms with E-state index in [1.54, 1.807) is 18.2 Å². The summed E-state index contributed by atoms with van der Waals surface area (Å²) in [5.74, 6) is 0.641. The molecule has 0 aliphatic carbocycles. The fraction of sp³-hybridized carbons (Fsp3) is 0.0769. The highest BCUT2D eigenvalue weighted by Gasteiger charge is 2.14. The van der Waals surface area contributed by atoms with E-state index in [2.05, 4.69) is 9.97 Å². The lowest BCUT2D eigenvalue weighted by Crippen LogP contribution is -1.90. The van der Waals surface area contributed by atoms with Crippen LogP contribution in [-0.4, -0.2) is 15.1 Å². The van der Waals surface area contributed by atoms with E-state index in [1.807, 2.05) is 12.3 Å². The standard InChI is InChI=1S/C13H8Cl2N2OS/c1-6-5-19-11(10(6)14)13-16-9-3-2-7(18)4-8(9)12(15)17-13/h2-5,18H,1H3. The number of aromatic hydroxyl groups is 1. The van der Waals surface area contributed by atoms with Crippen LogP contribution in [0.2, 0.25) is 10.2 Å². The second kappa shape index (κ2) is 4.63. The zero-order chi connectivity index (χ0) is 13.6. The molecule has 2 aromatic heterocycles. The molecule has 6 heteroatoms. The number of rotatable bonds is 1. The van der Waals surface area contributed by atoms with E-state index in [0.29, 0.717) is 26.9 Å². The highest BCUT2D eigenvalue weighted by atomic mass is 35.5. The molecule has 0 atom stereocenters. The van der Waals surface area contributed by atoms with Gasteiger partial charge in [-0.25, -0.2) is 9.97 Å². The van der Waals surface area contributed by atoms with E-state index in [-0.39, 0.29) is 5.75 Å². The van der Waals surface area contributed by atoms with Crippen molar-refractivity contribution in [3.8, 4) is 16.5 Å². The van der Waals surface area contributed by atoms with Crippen LogP contribution >= 0.6 is 34.5 Å². The molecule has 2 heterocycles. The summed E-state index contributed by atoms with van der Waals surface area (Å²) in [5.41, 5.74) is 1.67. The minimum Gasteiger partial charge on any atom is -0.508 e. The maximum atomic E-state index is 9.46. The van der Waals surface area contributed by atoms with Crippen molar-refractivity contribution in [3.05, 3.63) is 39.3 Å². The Labute approximate surface area is 123 Å². The third-order valence-corrected chi connectivity index (χ3v) is 4.72. The minimum atomic E-state index is 0.135. The third-order valence-electron chi connectivity index (χ3n) is 2.74. The molecule has 0 unspecified atom stereocenters. The average molecular weight is 311 g/mol. The number of benzene rings is 1. The normalized spacial score (nSPS) is 11.1. The van der Waals surface area contributed by atoms with E-state index in [0.717, 1.165) is 10.4 Å². The number of aromatic nitrogens is 2. The number of fused-ring (bicyclic) bond motifs is 1. The minimum absolute atomic E-state index is 0.135. The Morgan fingerprint density at radius 3 is 2.68 bits per heavy atom. The molecule has 0 fully saturated rings. The van der Waals surface area contributed by atoms with Gasteiger partial charge in [0.25, 0.3) is 0 Å². The summed E-state index contributed by atoms with van der Waals surface area (Å²) in [4.78, 5) is 9.50. The van der Waals surface area contributed by atoms with Crippen molar-refractivity contribution in [2.24, 2.45) is 0 Å². The quantitative estimate of drug-likeness (QED) is 0.664. The molecule has 0 radical (unpaired) electrons. The molecule has 1 N–H and O–H groups in total. The van der Waals surface area contributed by atoms with Crippen LogP contribution in [0.15, 0.2) is 23.6 Å². The summed E-state index contributed by atoms with van der Waals surface area (Å²) < 4.78 is 0. The zero-order valence-electron chi connectivity index (χ0n) is 9.82. The molecule has 19 heavy (non-hydrogen) atoms. The van der Waals surface area contributed by atoms with Crippen LogP contribution in [0.1, 0.15) is 5.56 Å². The fourth-order valence-electron chi connectivity index (χ4n) is 1.76. The maximum absolute atomic E-state index is 9.46. The van der Waals surface area contributed by atoms with E-state index in [9.17, 15) is 5.11 Å². The highest BCUT2D eigenvalue weighted by Crippen LogP contribution is 2.36. The first-order chi connectivity index (χ1) is 9.06. The lowest BCUT2D eigenvalue weighted by molar-refractivity contribution is 0.476. The van der Waals surface area contributed by atoms with Crippen LogP contribution in [0, 0.1) is 6.92 Å². The number of hydrogen-bond donors (Lipinski definition) is 1. The van der Waals surface area contributed by atoms with Crippen LogP contribution < -0.4 is 0 Å². The topological polar surface area (TPSA) is 46.0 Å². The van der Waals surface area contributed by atoms with Crippen molar-refractivity contribution in [1.82, 2.24) is 9.97 Å². The molecular weight excluding hydrogens is 303 g/mol. The van der Waals surface area contributed by atoms with Gasteiger partial charge in [0, 0.05) is 5.39 Å². The lowest BCUT2D eigenvalue weighted by Gasteiger charge is -2.04. The Hall–Kier alpha value is -1.36. The number of thiophene rings is 1. The first kappa shape index (κ1) is 12.7. The number of aryl methyl sites for hydroxylation is 1. The van der Waals surface area contributed by atoms with E-state index in [1.165, 1.54) is 11.3 Å². The SMILES string of the molecule is Cc1csc(-c2nc(Cl)c3cc(O)ccc3n2)c1Cl. The molecule has 0 bridgehead atoms. The molecule has 3 rings (SSSR count). The molecule has 96 valence electrons. The fourth-order valence-corrected chi connectivity index (χ4v) is 3.20. The van der Waals surface area contributed by atoms with E-state index < -0.39 is 0 Å². The van der Waals surface area contributed by atoms with Crippen molar-refractivity contribution in [1.29, 1.82) is 0 Å². The van der Waals surface area contributed by atoms with Gasteiger partial charge < -0.3 is 5.11 Å². The predicted molar refractivity (Wildman–Crippen MR) is 79.3 cm³/mol. The molecule has 0 saturated carbocycles. The number of phenolic OH excluding ortho intramolecular Hbond substituents is 1. The maximum Gasteiger partial charge on any atom is 0.173 e. The second-order valence-electron chi connectivity index (χ2n) is 4.10. The van der Waals surface area contributed by atoms with E-state index in [4.69, 9.17) is 23.2 Å². The largest absolute Gasteiger partial charge is 0.508 e. The Bertz CT molecular complexity index is 786. The smallest absolute Gasteiger partial charge is 0.173 e. The van der Waals surface area contributed by atoms with Crippen LogP contribution in [0.25, 0.3) is 21.6 Å². The number of nitrogens with zero attached hydrogens (tertiary/aromatic N) is 2. The van der Waals surface area contributed by atoms with Gasteiger partial charge in [0.05, 0.1) is 15.4 Å². The molecular formula is C13H8Cl2N2OS. The van der Waals surface area contributed by atoms with Crippen molar-refractivity contribution in [3.63, 3.8) is 0 Å². The first-order valence-corrected chi connectivity index (χ1v) is 7.10. The van der Waals surface area contributed by atoms with E-state index >= 15 is 0 Å². The molecule has 0 aliphatic rings. The Morgan fingerprint density at radius 1 is 1.21 bits per heavy atom. The average Bonchev–Trinajstić information content (AvgIpc) is 2.71. The summed E-state index contributed by atoms with van der Waals surface area (Å²) in [6, 6.07) is 4.82.